The fourth-order valence-corrected chi connectivity index (χ4v) is 2.83. The predicted molar refractivity (Wildman–Crippen MR) is 89.8 cm³/mol. The zero-order chi connectivity index (χ0) is 20.6. The number of carbonyl (C=O) groups is 3. The molecule has 0 saturated carbocycles. The second-order valence-corrected chi connectivity index (χ2v) is 6.28. The van der Waals surface area contributed by atoms with Crippen molar-refractivity contribution < 1.29 is 36.7 Å². The van der Waals surface area contributed by atoms with Crippen LogP contribution >= 0.6 is 11.6 Å². The highest BCUT2D eigenvalue weighted by Gasteiger charge is 2.36. The number of carbonyl (C=O) groups excluding carboxylic acids is 3. The molecule has 10 heteroatoms. The van der Waals surface area contributed by atoms with Gasteiger partial charge in [-0.15, -0.1) is 0 Å². The standard InChI is InChI=1S/C18H10ClF4NO4/c19-11-1-2-14-13(6-11)17(27)24(15(25)7-16(26)28-14)12-4-9(8-20)3-10(5-12)18(21,22)23/h1-6H,7-8H2. The smallest absolute Gasteiger partial charge is 0.416 e. The molecular formula is C18H10ClF4NO4. The molecule has 0 radical (unpaired) electrons. The number of hydrogen-bond acceptors (Lipinski definition) is 4. The van der Waals surface area contributed by atoms with Crippen LogP contribution in [0.15, 0.2) is 36.4 Å². The Morgan fingerprint density at radius 1 is 1.07 bits per heavy atom. The number of amides is 2. The highest BCUT2D eigenvalue weighted by atomic mass is 35.5. The zero-order valence-electron chi connectivity index (χ0n) is 13.8. The van der Waals surface area contributed by atoms with Crippen LogP contribution in [0.5, 0.6) is 5.75 Å². The molecule has 2 amide bonds. The van der Waals surface area contributed by atoms with Crippen molar-refractivity contribution in [2.45, 2.75) is 19.3 Å². The lowest BCUT2D eigenvalue weighted by Gasteiger charge is -2.25. The van der Waals surface area contributed by atoms with E-state index in [2.05, 4.69) is 0 Å². The molecular weight excluding hydrogens is 406 g/mol. The number of hydrogen-bond donors (Lipinski definition) is 0. The maximum absolute atomic E-state index is 13.1. The van der Waals surface area contributed by atoms with Crippen molar-refractivity contribution in [3.63, 3.8) is 0 Å². The molecule has 0 spiro atoms. The van der Waals surface area contributed by atoms with E-state index in [9.17, 15) is 31.9 Å². The van der Waals surface area contributed by atoms with Gasteiger partial charge in [-0.05, 0) is 42.0 Å². The molecule has 1 aliphatic rings. The Labute approximate surface area is 160 Å². The number of imide groups is 1. The van der Waals surface area contributed by atoms with E-state index in [0.717, 1.165) is 12.1 Å². The summed E-state index contributed by atoms with van der Waals surface area (Å²) >= 11 is 5.84. The van der Waals surface area contributed by atoms with E-state index < -0.39 is 48.3 Å². The van der Waals surface area contributed by atoms with Crippen molar-refractivity contribution in [2.24, 2.45) is 0 Å². The summed E-state index contributed by atoms with van der Waals surface area (Å²) in [5, 5.41) is 0.0737. The van der Waals surface area contributed by atoms with Crippen LogP contribution in [0.3, 0.4) is 0 Å². The summed E-state index contributed by atoms with van der Waals surface area (Å²) in [6.07, 6.45) is -5.73. The summed E-state index contributed by atoms with van der Waals surface area (Å²) in [6, 6.07) is 5.71. The minimum atomic E-state index is -4.84. The summed E-state index contributed by atoms with van der Waals surface area (Å²) in [6.45, 7) is -1.25. The van der Waals surface area contributed by atoms with Crippen molar-refractivity contribution in [1.82, 2.24) is 0 Å². The molecule has 0 saturated heterocycles. The first kappa shape index (κ1) is 19.8. The van der Waals surface area contributed by atoms with Crippen LogP contribution in [0.1, 0.15) is 27.9 Å². The number of alkyl halides is 4. The van der Waals surface area contributed by atoms with Gasteiger partial charge in [0.1, 0.15) is 18.8 Å². The molecule has 28 heavy (non-hydrogen) atoms. The van der Waals surface area contributed by atoms with E-state index in [1.807, 2.05) is 0 Å². The largest absolute Gasteiger partial charge is 0.425 e. The van der Waals surface area contributed by atoms with Gasteiger partial charge in [0.2, 0.25) is 5.91 Å². The van der Waals surface area contributed by atoms with E-state index in [0.29, 0.717) is 17.0 Å². The minimum Gasteiger partial charge on any atom is -0.425 e. The van der Waals surface area contributed by atoms with Crippen LogP contribution in [0.4, 0.5) is 23.2 Å². The lowest BCUT2D eigenvalue weighted by molar-refractivity contribution is -0.139. The Bertz CT molecular complexity index is 990. The maximum Gasteiger partial charge on any atom is 0.416 e. The molecule has 0 unspecified atom stereocenters. The van der Waals surface area contributed by atoms with E-state index in [-0.39, 0.29) is 21.9 Å². The second kappa shape index (κ2) is 7.23. The molecule has 1 aliphatic heterocycles. The van der Waals surface area contributed by atoms with E-state index in [1.165, 1.54) is 12.1 Å². The molecule has 3 rings (SSSR count). The summed E-state index contributed by atoms with van der Waals surface area (Å²) < 4.78 is 57.4. The number of fused-ring (bicyclic) bond motifs is 1. The SMILES string of the molecule is O=C1CC(=O)N(c2cc(CF)cc(C(F)(F)F)c2)C(=O)c2cc(Cl)ccc2O1. The van der Waals surface area contributed by atoms with Gasteiger partial charge in [-0.25, -0.2) is 9.29 Å². The van der Waals surface area contributed by atoms with Crippen molar-refractivity contribution in [3.05, 3.63) is 58.1 Å². The van der Waals surface area contributed by atoms with Crippen LogP contribution in [0.25, 0.3) is 0 Å². The van der Waals surface area contributed by atoms with Gasteiger partial charge in [-0.3, -0.25) is 14.4 Å². The molecule has 146 valence electrons. The van der Waals surface area contributed by atoms with Gasteiger partial charge in [0, 0.05) is 5.02 Å². The van der Waals surface area contributed by atoms with E-state index in [4.69, 9.17) is 16.3 Å². The third-order valence-corrected chi connectivity index (χ3v) is 4.10. The molecule has 1 heterocycles. The number of benzene rings is 2. The van der Waals surface area contributed by atoms with Crippen LogP contribution in [-0.2, 0) is 22.4 Å². The second-order valence-electron chi connectivity index (χ2n) is 5.85. The van der Waals surface area contributed by atoms with Crippen LogP contribution in [0.2, 0.25) is 5.02 Å². The number of anilines is 1. The highest BCUT2D eigenvalue weighted by molar-refractivity contribution is 6.32. The lowest BCUT2D eigenvalue weighted by atomic mass is 10.1. The molecule has 0 aromatic heterocycles. The van der Waals surface area contributed by atoms with Crippen LogP contribution < -0.4 is 9.64 Å². The van der Waals surface area contributed by atoms with Gasteiger partial charge in [0.15, 0.2) is 0 Å². The van der Waals surface area contributed by atoms with Gasteiger partial charge < -0.3 is 4.74 Å². The third kappa shape index (κ3) is 3.84. The Morgan fingerprint density at radius 2 is 1.79 bits per heavy atom. The first-order chi connectivity index (χ1) is 13.1. The Hall–Kier alpha value is -2.94. The number of esters is 1. The quantitative estimate of drug-likeness (QED) is 0.241. The topological polar surface area (TPSA) is 63.7 Å². The number of halogens is 5. The zero-order valence-corrected chi connectivity index (χ0v) is 14.6. The van der Waals surface area contributed by atoms with Gasteiger partial charge in [0.25, 0.3) is 5.91 Å². The fraction of sp³-hybridized carbons (Fsp3) is 0.167. The molecule has 2 aromatic carbocycles. The van der Waals surface area contributed by atoms with Gasteiger partial charge in [0.05, 0.1) is 16.8 Å². The maximum atomic E-state index is 13.1. The molecule has 5 nitrogen and oxygen atoms in total. The first-order valence-corrected chi connectivity index (χ1v) is 8.12. The molecule has 0 atom stereocenters. The molecule has 0 N–H and O–H groups in total. The monoisotopic (exact) mass is 415 g/mol. The summed E-state index contributed by atoms with van der Waals surface area (Å²) in [7, 11) is 0. The van der Waals surface area contributed by atoms with Gasteiger partial charge >= 0.3 is 12.1 Å². The van der Waals surface area contributed by atoms with E-state index in [1.54, 1.807) is 0 Å². The molecule has 0 aliphatic carbocycles. The summed E-state index contributed by atoms with van der Waals surface area (Å²) in [5.41, 5.74) is -2.44. The Kier molecular flexibility index (Phi) is 5.12. The molecule has 0 bridgehead atoms. The average Bonchev–Trinajstić information content (AvgIpc) is 2.61. The molecule has 2 aromatic rings. The Morgan fingerprint density at radius 3 is 2.43 bits per heavy atom. The first-order valence-electron chi connectivity index (χ1n) is 7.75. The predicted octanol–water partition coefficient (Wildman–Crippen LogP) is 4.31. The van der Waals surface area contributed by atoms with Crippen molar-refractivity contribution in [2.75, 3.05) is 4.90 Å². The van der Waals surface area contributed by atoms with Crippen LogP contribution in [0, 0.1) is 0 Å². The number of rotatable bonds is 2. The van der Waals surface area contributed by atoms with Gasteiger partial charge in [-0.2, -0.15) is 13.2 Å². The minimum absolute atomic E-state index is 0.0737. The Balaban J connectivity index is 2.21. The van der Waals surface area contributed by atoms with Crippen molar-refractivity contribution in [3.8, 4) is 5.75 Å². The summed E-state index contributed by atoms with van der Waals surface area (Å²) in [4.78, 5) is 37.6. The lowest BCUT2D eigenvalue weighted by Crippen LogP contribution is -2.41. The number of nitrogens with zero attached hydrogens (tertiary/aromatic N) is 1. The summed E-state index contributed by atoms with van der Waals surface area (Å²) in [5.74, 6) is -3.39. The third-order valence-electron chi connectivity index (χ3n) is 3.86. The van der Waals surface area contributed by atoms with Gasteiger partial charge in [-0.1, -0.05) is 11.6 Å². The highest BCUT2D eigenvalue weighted by Crippen LogP contribution is 2.35. The van der Waals surface area contributed by atoms with Crippen molar-refractivity contribution >= 4 is 35.1 Å². The normalized spacial score (nSPS) is 15.0. The number of ether oxygens (including phenoxy) is 1. The van der Waals surface area contributed by atoms with E-state index >= 15 is 0 Å². The average molecular weight is 416 g/mol. The molecule has 0 fully saturated rings. The fourth-order valence-electron chi connectivity index (χ4n) is 2.66. The van der Waals surface area contributed by atoms with Crippen molar-refractivity contribution in [1.29, 1.82) is 0 Å². The van der Waals surface area contributed by atoms with Crippen LogP contribution in [-0.4, -0.2) is 17.8 Å².